The minimum absolute atomic E-state index is 0.107. The van der Waals surface area contributed by atoms with Crippen LogP contribution in [-0.4, -0.2) is 55.6 Å². The first-order chi connectivity index (χ1) is 9.50. The fourth-order valence-electron chi connectivity index (χ4n) is 3.89. The molecule has 0 N–H and O–H groups in total. The number of sulfonamides is 1. The van der Waals surface area contributed by atoms with Crippen molar-refractivity contribution in [3.05, 3.63) is 0 Å². The summed E-state index contributed by atoms with van der Waals surface area (Å²) in [4.78, 5) is 2.61. The van der Waals surface area contributed by atoms with Crippen LogP contribution in [0.15, 0.2) is 0 Å². The number of rotatable bonds is 5. The Hall–Kier alpha value is -0.130. The molecule has 0 aromatic carbocycles. The van der Waals surface area contributed by atoms with Crippen LogP contribution in [0.2, 0.25) is 0 Å². The molecular formula is C15H30N2O2S. The van der Waals surface area contributed by atoms with E-state index in [0.717, 1.165) is 25.9 Å². The minimum atomic E-state index is -3.07. The van der Waals surface area contributed by atoms with Crippen LogP contribution in [0.5, 0.6) is 0 Å². The molecule has 2 rings (SSSR count). The van der Waals surface area contributed by atoms with Gasteiger partial charge in [0.05, 0.1) is 5.75 Å². The number of hydrogen-bond donors (Lipinski definition) is 0. The Balaban J connectivity index is 2.14. The summed E-state index contributed by atoms with van der Waals surface area (Å²) in [6, 6.07) is 0. The highest BCUT2D eigenvalue weighted by atomic mass is 32.2. The lowest BCUT2D eigenvalue weighted by atomic mass is 9.79. The molecule has 0 bridgehead atoms. The molecular weight excluding hydrogens is 272 g/mol. The van der Waals surface area contributed by atoms with Crippen molar-refractivity contribution in [3.63, 3.8) is 0 Å². The molecule has 1 aliphatic heterocycles. The maximum atomic E-state index is 12.1. The third-order valence-electron chi connectivity index (χ3n) is 5.17. The van der Waals surface area contributed by atoms with Gasteiger partial charge in [-0.1, -0.05) is 25.7 Å². The number of likely N-dealkylation sites (N-methyl/N-ethyl adjacent to an activating group) is 1. The van der Waals surface area contributed by atoms with Crippen molar-refractivity contribution in [1.29, 1.82) is 0 Å². The lowest BCUT2D eigenvalue weighted by Crippen LogP contribution is -2.58. The van der Waals surface area contributed by atoms with Crippen LogP contribution in [-0.2, 0) is 10.0 Å². The average molecular weight is 302 g/mol. The van der Waals surface area contributed by atoms with E-state index in [1.165, 1.54) is 38.5 Å². The van der Waals surface area contributed by atoms with E-state index in [9.17, 15) is 8.42 Å². The van der Waals surface area contributed by atoms with Gasteiger partial charge in [0.2, 0.25) is 10.0 Å². The van der Waals surface area contributed by atoms with Gasteiger partial charge in [0.25, 0.3) is 0 Å². The normalized spacial score (nSPS) is 24.9. The van der Waals surface area contributed by atoms with Crippen molar-refractivity contribution < 1.29 is 8.42 Å². The quantitative estimate of drug-likeness (QED) is 0.783. The topological polar surface area (TPSA) is 40.6 Å². The van der Waals surface area contributed by atoms with E-state index in [0.29, 0.717) is 6.54 Å². The van der Waals surface area contributed by atoms with Gasteiger partial charge in [0, 0.05) is 19.1 Å². The average Bonchev–Trinajstić information content (AvgIpc) is 2.49. The third-order valence-corrected chi connectivity index (χ3v) is 6.98. The van der Waals surface area contributed by atoms with Gasteiger partial charge in [-0.3, -0.25) is 4.90 Å². The lowest BCUT2D eigenvalue weighted by molar-refractivity contribution is 0.0226. The van der Waals surface area contributed by atoms with Crippen molar-refractivity contribution in [1.82, 2.24) is 9.21 Å². The van der Waals surface area contributed by atoms with Crippen LogP contribution >= 0.6 is 0 Å². The third kappa shape index (κ3) is 3.55. The molecule has 20 heavy (non-hydrogen) atoms. The first kappa shape index (κ1) is 16.2. The Labute approximate surface area is 124 Å². The minimum Gasteiger partial charge on any atom is -0.296 e. The van der Waals surface area contributed by atoms with E-state index in [1.807, 2.05) is 0 Å². The molecule has 5 heteroatoms. The van der Waals surface area contributed by atoms with Crippen LogP contribution < -0.4 is 0 Å². The number of likely N-dealkylation sites (tertiary alicyclic amines) is 1. The smallest absolute Gasteiger partial charge is 0.213 e. The Bertz CT molecular complexity index is 396. The van der Waals surface area contributed by atoms with Crippen molar-refractivity contribution in [2.75, 3.05) is 32.4 Å². The van der Waals surface area contributed by atoms with E-state index in [-0.39, 0.29) is 11.3 Å². The van der Waals surface area contributed by atoms with Gasteiger partial charge in [-0.2, -0.15) is 0 Å². The van der Waals surface area contributed by atoms with Crippen LogP contribution in [0.4, 0.5) is 0 Å². The summed E-state index contributed by atoms with van der Waals surface area (Å²) in [5.41, 5.74) is 0.107. The van der Waals surface area contributed by atoms with Crippen molar-refractivity contribution >= 4 is 10.0 Å². The highest BCUT2D eigenvalue weighted by Crippen LogP contribution is 2.36. The standard InChI is InChI=1S/C15H30N2O2S/c1-3-20(18,19)16(2)14-15(10-6-4-7-11-15)17-12-8-5-9-13-17/h3-14H2,1-2H3. The molecule has 1 aliphatic carbocycles. The van der Waals surface area contributed by atoms with E-state index in [1.54, 1.807) is 18.3 Å². The van der Waals surface area contributed by atoms with E-state index in [4.69, 9.17) is 0 Å². The van der Waals surface area contributed by atoms with Gasteiger partial charge < -0.3 is 0 Å². The van der Waals surface area contributed by atoms with E-state index in [2.05, 4.69) is 4.90 Å². The van der Waals surface area contributed by atoms with Gasteiger partial charge in [-0.15, -0.1) is 0 Å². The second kappa shape index (κ2) is 6.75. The van der Waals surface area contributed by atoms with Gasteiger partial charge in [-0.05, 0) is 45.7 Å². The highest BCUT2D eigenvalue weighted by molar-refractivity contribution is 7.89. The summed E-state index contributed by atoms with van der Waals surface area (Å²) < 4.78 is 25.8. The van der Waals surface area contributed by atoms with E-state index >= 15 is 0 Å². The molecule has 1 saturated heterocycles. The summed E-state index contributed by atoms with van der Waals surface area (Å²) in [5.74, 6) is 0.208. The summed E-state index contributed by atoms with van der Waals surface area (Å²) >= 11 is 0. The fraction of sp³-hybridized carbons (Fsp3) is 1.00. The molecule has 0 radical (unpaired) electrons. The summed E-state index contributed by atoms with van der Waals surface area (Å²) in [7, 11) is -1.30. The summed E-state index contributed by atoms with van der Waals surface area (Å²) in [5, 5.41) is 0. The molecule has 0 unspecified atom stereocenters. The molecule has 0 aromatic rings. The Kier molecular flexibility index (Phi) is 5.49. The zero-order valence-electron chi connectivity index (χ0n) is 13.1. The zero-order chi connectivity index (χ0) is 14.6. The summed E-state index contributed by atoms with van der Waals surface area (Å²) in [6.07, 6.45) is 9.99. The predicted octanol–water partition coefficient (Wildman–Crippen LogP) is 2.46. The Morgan fingerprint density at radius 1 is 1.00 bits per heavy atom. The van der Waals surface area contributed by atoms with Crippen molar-refractivity contribution in [2.24, 2.45) is 0 Å². The van der Waals surface area contributed by atoms with E-state index < -0.39 is 10.0 Å². The first-order valence-corrected chi connectivity index (χ1v) is 9.80. The molecule has 0 aromatic heterocycles. The molecule has 1 heterocycles. The Morgan fingerprint density at radius 3 is 2.10 bits per heavy atom. The monoisotopic (exact) mass is 302 g/mol. The zero-order valence-corrected chi connectivity index (χ0v) is 13.9. The molecule has 0 spiro atoms. The molecule has 0 atom stereocenters. The second-order valence-electron chi connectivity index (χ2n) is 6.49. The molecule has 4 nitrogen and oxygen atoms in total. The van der Waals surface area contributed by atoms with Crippen LogP contribution in [0.3, 0.4) is 0 Å². The Morgan fingerprint density at radius 2 is 1.55 bits per heavy atom. The first-order valence-electron chi connectivity index (χ1n) is 8.19. The fourth-order valence-corrected chi connectivity index (χ4v) is 4.76. The van der Waals surface area contributed by atoms with Crippen molar-refractivity contribution in [2.45, 2.75) is 63.8 Å². The predicted molar refractivity (Wildman–Crippen MR) is 83.3 cm³/mol. The number of hydrogen-bond acceptors (Lipinski definition) is 3. The summed E-state index contributed by atoms with van der Waals surface area (Å²) in [6.45, 7) is 4.73. The molecule has 118 valence electrons. The largest absolute Gasteiger partial charge is 0.296 e. The van der Waals surface area contributed by atoms with Crippen LogP contribution in [0.1, 0.15) is 58.3 Å². The number of nitrogens with zero attached hydrogens (tertiary/aromatic N) is 2. The molecule has 1 saturated carbocycles. The molecule has 0 amide bonds. The molecule has 2 aliphatic rings. The van der Waals surface area contributed by atoms with Gasteiger partial charge >= 0.3 is 0 Å². The maximum absolute atomic E-state index is 12.1. The second-order valence-corrected chi connectivity index (χ2v) is 8.85. The van der Waals surface area contributed by atoms with Gasteiger partial charge in [0.1, 0.15) is 0 Å². The number of piperidine rings is 1. The lowest BCUT2D eigenvalue weighted by Gasteiger charge is -2.49. The van der Waals surface area contributed by atoms with Crippen LogP contribution in [0, 0.1) is 0 Å². The van der Waals surface area contributed by atoms with Gasteiger partial charge in [-0.25, -0.2) is 12.7 Å². The van der Waals surface area contributed by atoms with Crippen molar-refractivity contribution in [3.8, 4) is 0 Å². The van der Waals surface area contributed by atoms with Crippen LogP contribution in [0.25, 0.3) is 0 Å². The highest BCUT2D eigenvalue weighted by Gasteiger charge is 2.40. The maximum Gasteiger partial charge on any atom is 0.213 e. The molecule has 2 fully saturated rings. The SMILES string of the molecule is CCS(=O)(=O)N(C)CC1(N2CCCCC2)CCCCC1. The van der Waals surface area contributed by atoms with Gasteiger partial charge in [0.15, 0.2) is 0 Å².